The van der Waals surface area contributed by atoms with Crippen molar-refractivity contribution in [1.29, 1.82) is 0 Å². The first-order valence-electron chi connectivity index (χ1n) is 12.1. The van der Waals surface area contributed by atoms with Crippen molar-refractivity contribution < 1.29 is 24.6 Å². The minimum absolute atomic E-state index is 0.164. The second kappa shape index (κ2) is 5.62. The van der Waals surface area contributed by atoms with Gasteiger partial charge in [-0.25, -0.2) is 0 Å². The molecule has 3 N–H and O–H groups in total. The molecule has 4 fully saturated rings. The summed E-state index contributed by atoms with van der Waals surface area (Å²) >= 11 is 0. The topological polar surface area (TPSA) is 104 Å². The van der Waals surface area contributed by atoms with Crippen LogP contribution in [0.25, 0.3) is 17.0 Å². The van der Waals surface area contributed by atoms with Gasteiger partial charge in [0.25, 0.3) is 5.91 Å². The highest BCUT2D eigenvalue weighted by Gasteiger charge is 2.76. The van der Waals surface area contributed by atoms with Crippen molar-refractivity contribution in [2.75, 3.05) is 6.54 Å². The second-order valence-corrected chi connectivity index (χ2v) is 11.8. The van der Waals surface area contributed by atoms with E-state index >= 15 is 0 Å². The van der Waals surface area contributed by atoms with E-state index in [9.17, 15) is 19.9 Å². The number of carbonyl (C=O) groups excluding carboxylic acids is 2. The molecule has 178 valence electrons. The number of ether oxygens (including phenoxy) is 1. The van der Waals surface area contributed by atoms with E-state index in [1.165, 1.54) is 4.73 Å². The van der Waals surface area contributed by atoms with E-state index in [-0.39, 0.29) is 17.7 Å². The molecule has 6 aliphatic rings. The average molecular weight is 464 g/mol. The number of piperidine rings is 2. The molecule has 8 nitrogen and oxygen atoms in total. The summed E-state index contributed by atoms with van der Waals surface area (Å²) in [5.74, 6) is -0.0756. The Morgan fingerprint density at radius 2 is 1.94 bits per heavy atom. The molecule has 2 aromatic rings. The normalized spacial score (nSPS) is 36.0. The number of hydrogen-bond donors (Lipinski definition) is 3. The van der Waals surface area contributed by atoms with Gasteiger partial charge in [-0.2, -0.15) is 4.73 Å². The number of piperazine rings is 1. The Morgan fingerprint density at radius 1 is 1.18 bits per heavy atom. The summed E-state index contributed by atoms with van der Waals surface area (Å²) < 4.78 is 7.31. The Labute approximate surface area is 197 Å². The smallest absolute Gasteiger partial charge is 0.252 e. The Kier molecular flexibility index (Phi) is 3.37. The number of benzene rings is 1. The number of amides is 2. The standard InChI is InChI=1S/C26H29N3O5/c1-23(2)10-8-13-15(34-23)7-6-14-17-19(29(33)18(13)14)24(3,4)16-12-25-9-5-11-28(25)22(32)26(16,20(17)30)27-21(25)31/h6-8,10,16,20,30,33H,5,9,11-12H2,1-4H3,(H,27,31)/t16?,20-,25-,26+/m0/s1. The fourth-order valence-corrected chi connectivity index (χ4v) is 7.76. The fraction of sp³-hybridized carbons (Fsp3) is 0.538. The zero-order chi connectivity index (χ0) is 24.0. The third-order valence-corrected chi connectivity index (χ3v) is 9.28. The zero-order valence-electron chi connectivity index (χ0n) is 19.8. The first kappa shape index (κ1) is 20.4. The number of nitrogens with zero attached hydrogens (tertiary/aromatic N) is 2. The molecule has 1 aliphatic carbocycles. The number of rotatable bonds is 0. The van der Waals surface area contributed by atoms with E-state index in [2.05, 4.69) is 5.32 Å². The molecule has 1 aromatic heterocycles. The van der Waals surface area contributed by atoms with Gasteiger partial charge in [0.15, 0.2) is 5.54 Å². The van der Waals surface area contributed by atoms with E-state index in [0.717, 1.165) is 12.0 Å². The lowest BCUT2D eigenvalue weighted by atomic mass is 9.50. The van der Waals surface area contributed by atoms with Gasteiger partial charge in [-0.15, -0.1) is 0 Å². The van der Waals surface area contributed by atoms with Gasteiger partial charge in [0.1, 0.15) is 23.0 Å². The van der Waals surface area contributed by atoms with Gasteiger partial charge in [0.05, 0.1) is 11.2 Å². The first-order chi connectivity index (χ1) is 16.0. The van der Waals surface area contributed by atoms with Crippen molar-refractivity contribution in [1.82, 2.24) is 14.9 Å². The molecule has 4 saturated heterocycles. The number of aromatic nitrogens is 1. The van der Waals surface area contributed by atoms with Gasteiger partial charge in [-0.3, -0.25) is 9.59 Å². The van der Waals surface area contributed by atoms with Gasteiger partial charge in [-0.1, -0.05) is 13.8 Å². The van der Waals surface area contributed by atoms with Gasteiger partial charge in [0.2, 0.25) is 5.91 Å². The highest BCUT2D eigenvalue weighted by Crippen LogP contribution is 2.63. The van der Waals surface area contributed by atoms with Crippen molar-refractivity contribution in [3.63, 3.8) is 0 Å². The van der Waals surface area contributed by atoms with Crippen LogP contribution >= 0.6 is 0 Å². The Morgan fingerprint density at radius 3 is 2.71 bits per heavy atom. The van der Waals surface area contributed by atoms with Crippen LogP contribution in [0, 0.1) is 5.92 Å². The van der Waals surface area contributed by atoms with Crippen LogP contribution < -0.4 is 10.1 Å². The maximum absolute atomic E-state index is 14.0. The Hall–Kier alpha value is -3.00. The molecule has 2 amide bonds. The lowest BCUT2D eigenvalue weighted by Gasteiger charge is -2.65. The van der Waals surface area contributed by atoms with E-state index < -0.39 is 28.2 Å². The molecule has 2 bridgehead atoms. The van der Waals surface area contributed by atoms with Gasteiger partial charge < -0.3 is 25.3 Å². The summed E-state index contributed by atoms with van der Waals surface area (Å²) in [4.78, 5) is 29.0. The zero-order valence-corrected chi connectivity index (χ0v) is 19.8. The second-order valence-electron chi connectivity index (χ2n) is 11.8. The predicted molar refractivity (Wildman–Crippen MR) is 124 cm³/mol. The number of fused-ring (bicyclic) bond motifs is 6. The Bertz CT molecular complexity index is 1370. The highest BCUT2D eigenvalue weighted by atomic mass is 16.5. The van der Waals surface area contributed by atoms with E-state index in [4.69, 9.17) is 4.74 Å². The molecule has 1 aromatic carbocycles. The summed E-state index contributed by atoms with van der Waals surface area (Å²) in [6, 6.07) is 3.68. The van der Waals surface area contributed by atoms with Crippen molar-refractivity contribution in [2.24, 2.45) is 5.92 Å². The van der Waals surface area contributed by atoms with Crippen LogP contribution in [-0.4, -0.2) is 55.0 Å². The maximum Gasteiger partial charge on any atom is 0.252 e. The number of aliphatic hydroxyl groups excluding tert-OH is 1. The largest absolute Gasteiger partial charge is 0.483 e. The molecule has 4 atom stereocenters. The number of aliphatic hydroxyl groups is 1. The van der Waals surface area contributed by atoms with Crippen LogP contribution in [0.2, 0.25) is 0 Å². The predicted octanol–water partition coefficient (Wildman–Crippen LogP) is 2.64. The summed E-state index contributed by atoms with van der Waals surface area (Å²) in [7, 11) is 0. The molecule has 2 spiro atoms. The number of nitrogens with one attached hydrogen (secondary N) is 1. The van der Waals surface area contributed by atoms with E-state index in [1.807, 2.05) is 52.0 Å². The van der Waals surface area contributed by atoms with Crippen molar-refractivity contribution in [2.45, 2.75) is 75.2 Å². The van der Waals surface area contributed by atoms with Crippen LogP contribution in [0.15, 0.2) is 18.2 Å². The third kappa shape index (κ3) is 1.95. The van der Waals surface area contributed by atoms with E-state index in [1.54, 1.807) is 4.90 Å². The highest BCUT2D eigenvalue weighted by molar-refractivity contribution is 6.07. The minimum atomic E-state index is -1.45. The third-order valence-electron chi connectivity index (χ3n) is 9.28. The van der Waals surface area contributed by atoms with Crippen LogP contribution in [0.3, 0.4) is 0 Å². The van der Waals surface area contributed by atoms with Crippen molar-refractivity contribution >= 4 is 28.8 Å². The van der Waals surface area contributed by atoms with Crippen LogP contribution in [-0.2, 0) is 15.0 Å². The molecule has 34 heavy (non-hydrogen) atoms. The summed E-state index contributed by atoms with van der Waals surface area (Å²) in [6.45, 7) is 8.48. The molecular formula is C26H29N3O5. The molecular weight excluding hydrogens is 434 g/mol. The van der Waals surface area contributed by atoms with Gasteiger partial charge in [0, 0.05) is 34.4 Å². The van der Waals surface area contributed by atoms with Gasteiger partial charge >= 0.3 is 0 Å². The van der Waals surface area contributed by atoms with Crippen LogP contribution in [0.5, 0.6) is 5.75 Å². The summed E-state index contributed by atoms with van der Waals surface area (Å²) in [5, 5.41) is 27.2. The van der Waals surface area contributed by atoms with Crippen molar-refractivity contribution in [3.05, 3.63) is 35.0 Å². The molecule has 8 rings (SSSR count). The lowest BCUT2D eigenvalue weighted by Crippen LogP contribution is -2.85. The summed E-state index contributed by atoms with van der Waals surface area (Å²) in [5.41, 5.74) is -1.10. The monoisotopic (exact) mass is 463 g/mol. The molecule has 0 saturated carbocycles. The van der Waals surface area contributed by atoms with Crippen LogP contribution in [0.4, 0.5) is 0 Å². The first-order valence-corrected chi connectivity index (χ1v) is 12.1. The van der Waals surface area contributed by atoms with Crippen molar-refractivity contribution in [3.8, 4) is 5.75 Å². The van der Waals surface area contributed by atoms with Gasteiger partial charge in [-0.05, 0) is 57.4 Å². The molecule has 5 aliphatic heterocycles. The fourth-order valence-electron chi connectivity index (χ4n) is 7.76. The number of carbonyl (C=O) groups is 2. The lowest BCUT2D eigenvalue weighted by molar-refractivity contribution is -0.191. The average Bonchev–Trinajstić information content (AvgIpc) is 3.33. The maximum atomic E-state index is 14.0. The molecule has 8 heteroatoms. The SMILES string of the molecule is CC1(C)C=Cc2c(ccc3c4c(n(O)c23)C(C)(C)C2C[C@]35CCCN3C(=O)[C@]2(NC5=O)[C@H]4O)O1. The summed E-state index contributed by atoms with van der Waals surface area (Å²) in [6.07, 6.45) is 4.48. The number of hydrogen-bond acceptors (Lipinski definition) is 5. The molecule has 6 heterocycles. The quantitative estimate of drug-likeness (QED) is 0.521. The Balaban J connectivity index is 1.53. The molecule has 0 radical (unpaired) electrons. The van der Waals surface area contributed by atoms with E-state index in [0.29, 0.717) is 47.3 Å². The molecule has 1 unspecified atom stereocenters. The minimum Gasteiger partial charge on any atom is -0.483 e. The van der Waals surface area contributed by atoms with Crippen LogP contribution in [0.1, 0.15) is 69.9 Å².